The maximum absolute atomic E-state index is 5.38. The van der Waals surface area contributed by atoms with Crippen molar-refractivity contribution < 1.29 is 9.47 Å². The largest absolute Gasteiger partial charge is 0.381 e. The monoisotopic (exact) mass is 185 g/mol. The summed E-state index contributed by atoms with van der Waals surface area (Å²) in [5, 5.41) is 3.61. The van der Waals surface area contributed by atoms with Crippen LogP contribution in [0, 0.1) is 0 Å². The maximum Gasteiger partial charge on any atom is 0.0643 e. The Hall–Kier alpha value is -0.120. The van der Waals surface area contributed by atoms with Crippen LogP contribution in [0.2, 0.25) is 0 Å². The van der Waals surface area contributed by atoms with Gasteiger partial charge in [0.15, 0.2) is 0 Å². The molecule has 3 nitrogen and oxygen atoms in total. The van der Waals surface area contributed by atoms with Crippen molar-refractivity contribution in [2.75, 3.05) is 20.3 Å². The third-order valence-electron chi connectivity index (χ3n) is 3.07. The van der Waals surface area contributed by atoms with Crippen molar-refractivity contribution in [1.82, 2.24) is 5.32 Å². The molecule has 1 saturated carbocycles. The molecule has 1 saturated heterocycles. The average Bonchev–Trinajstić information content (AvgIpc) is 2.12. The van der Waals surface area contributed by atoms with Crippen molar-refractivity contribution in [2.45, 2.75) is 43.9 Å². The van der Waals surface area contributed by atoms with E-state index in [0.717, 1.165) is 13.2 Å². The van der Waals surface area contributed by atoms with Crippen LogP contribution in [0.1, 0.15) is 25.7 Å². The van der Waals surface area contributed by atoms with Crippen LogP contribution in [0.15, 0.2) is 0 Å². The molecule has 76 valence electrons. The molecule has 2 fully saturated rings. The third-order valence-corrected chi connectivity index (χ3v) is 3.07. The van der Waals surface area contributed by atoms with Gasteiger partial charge < -0.3 is 14.8 Å². The summed E-state index contributed by atoms with van der Waals surface area (Å²) in [5.74, 6) is 0. The van der Waals surface area contributed by atoms with Crippen molar-refractivity contribution in [3.8, 4) is 0 Å². The van der Waals surface area contributed by atoms with Gasteiger partial charge in [0.1, 0.15) is 0 Å². The Morgan fingerprint density at radius 2 is 2.08 bits per heavy atom. The molecule has 0 radical (unpaired) electrons. The van der Waals surface area contributed by atoms with Gasteiger partial charge in [0, 0.05) is 13.2 Å². The molecule has 0 aromatic heterocycles. The van der Waals surface area contributed by atoms with Crippen molar-refractivity contribution >= 4 is 0 Å². The molecule has 0 aromatic carbocycles. The molecule has 1 aliphatic heterocycles. The molecule has 0 bridgehead atoms. The standard InChI is InChI=1S/C10H19NO2/c1-12-10-4-2-3-8(5-10)11-9-6-13-7-9/h8-11H,2-7H2,1H3. The first-order valence-corrected chi connectivity index (χ1v) is 5.25. The van der Waals surface area contributed by atoms with E-state index in [1.54, 1.807) is 0 Å². The molecule has 1 N–H and O–H groups in total. The first-order chi connectivity index (χ1) is 6.38. The van der Waals surface area contributed by atoms with E-state index >= 15 is 0 Å². The lowest BCUT2D eigenvalue weighted by molar-refractivity contribution is -0.0189. The van der Waals surface area contributed by atoms with Gasteiger partial charge in [-0.25, -0.2) is 0 Å². The van der Waals surface area contributed by atoms with Gasteiger partial charge in [0.25, 0.3) is 0 Å². The van der Waals surface area contributed by atoms with Crippen LogP contribution in [0.3, 0.4) is 0 Å². The van der Waals surface area contributed by atoms with Crippen molar-refractivity contribution in [3.63, 3.8) is 0 Å². The van der Waals surface area contributed by atoms with E-state index in [1.807, 2.05) is 7.11 Å². The Kier molecular flexibility index (Phi) is 3.19. The Bertz CT molecular complexity index is 157. The summed E-state index contributed by atoms with van der Waals surface area (Å²) >= 11 is 0. The number of nitrogens with one attached hydrogen (secondary N) is 1. The quantitative estimate of drug-likeness (QED) is 0.709. The Morgan fingerprint density at radius 3 is 2.69 bits per heavy atom. The van der Waals surface area contributed by atoms with E-state index in [-0.39, 0.29) is 0 Å². The summed E-state index contributed by atoms with van der Waals surface area (Å²) < 4.78 is 10.5. The average molecular weight is 185 g/mol. The molecule has 0 spiro atoms. The second-order valence-corrected chi connectivity index (χ2v) is 4.12. The minimum atomic E-state index is 0.479. The van der Waals surface area contributed by atoms with Crippen molar-refractivity contribution in [2.24, 2.45) is 0 Å². The molecule has 1 aliphatic carbocycles. The molecule has 1 heterocycles. The van der Waals surface area contributed by atoms with E-state index in [0.29, 0.717) is 18.2 Å². The second-order valence-electron chi connectivity index (χ2n) is 4.12. The fraction of sp³-hybridized carbons (Fsp3) is 1.00. The van der Waals surface area contributed by atoms with Gasteiger partial charge in [-0.15, -0.1) is 0 Å². The van der Waals surface area contributed by atoms with Crippen LogP contribution in [0.25, 0.3) is 0 Å². The van der Waals surface area contributed by atoms with Gasteiger partial charge in [-0.1, -0.05) is 0 Å². The summed E-state index contributed by atoms with van der Waals surface area (Å²) in [6.07, 6.45) is 5.48. The zero-order valence-corrected chi connectivity index (χ0v) is 8.29. The normalized spacial score (nSPS) is 35.8. The smallest absolute Gasteiger partial charge is 0.0643 e. The molecule has 0 amide bonds. The van der Waals surface area contributed by atoms with Gasteiger partial charge in [0.05, 0.1) is 25.4 Å². The maximum atomic E-state index is 5.38. The highest BCUT2D eigenvalue weighted by molar-refractivity contribution is 4.83. The summed E-state index contributed by atoms with van der Waals surface area (Å²) in [7, 11) is 1.82. The highest BCUT2D eigenvalue weighted by Crippen LogP contribution is 2.21. The van der Waals surface area contributed by atoms with Gasteiger partial charge in [-0.2, -0.15) is 0 Å². The SMILES string of the molecule is COC1CCCC(NC2COC2)C1. The van der Waals surface area contributed by atoms with Gasteiger partial charge in [-0.3, -0.25) is 0 Å². The molecule has 0 aromatic rings. The van der Waals surface area contributed by atoms with Gasteiger partial charge >= 0.3 is 0 Å². The molecular formula is C10H19NO2. The zero-order chi connectivity index (χ0) is 9.10. The number of rotatable bonds is 3. The zero-order valence-electron chi connectivity index (χ0n) is 8.29. The number of hydrogen-bond acceptors (Lipinski definition) is 3. The van der Waals surface area contributed by atoms with E-state index in [9.17, 15) is 0 Å². The van der Waals surface area contributed by atoms with E-state index in [1.165, 1.54) is 25.7 Å². The number of ether oxygens (including phenoxy) is 2. The molecule has 3 heteroatoms. The van der Waals surface area contributed by atoms with Crippen molar-refractivity contribution in [3.05, 3.63) is 0 Å². The minimum absolute atomic E-state index is 0.479. The molecule has 2 rings (SSSR count). The van der Waals surface area contributed by atoms with E-state index in [4.69, 9.17) is 9.47 Å². The molecule has 2 unspecified atom stereocenters. The molecular weight excluding hydrogens is 166 g/mol. The summed E-state index contributed by atoms with van der Waals surface area (Å²) in [4.78, 5) is 0. The van der Waals surface area contributed by atoms with E-state index in [2.05, 4.69) is 5.32 Å². The lowest BCUT2D eigenvalue weighted by Crippen LogP contribution is -2.52. The molecule has 13 heavy (non-hydrogen) atoms. The first-order valence-electron chi connectivity index (χ1n) is 5.25. The summed E-state index contributed by atoms with van der Waals surface area (Å²) in [6, 6.07) is 1.27. The Morgan fingerprint density at radius 1 is 1.23 bits per heavy atom. The minimum Gasteiger partial charge on any atom is -0.381 e. The lowest BCUT2D eigenvalue weighted by atomic mass is 9.92. The Balaban J connectivity index is 1.71. The van der Waals surface area contributed by atoms with Crippen LogP contribution in [-0.2, 0) is 9.47 Å². The second kappa shape index (κ2) is 4.40. The van der Waals surface area contributed by atoms with Crippen LogP contribution < -0.4 is 5.32 Å². The Labute approximate surface area is 79.8 Å². The van der Waals surface area contributed by atoms with Gasteiger partial charge in [-0.05, 0) is 25.7 Å². The summed E-state index contributed by atoms with van der Waals surface area (Å²) in [5.41, 5.74) is 0. The predicted octanol–water partition coefficient (Wildman–Crippen LogP) is 0.932. The topological polar surface area (TPSA) is 30.5 Å². The number of methoxy groups -OCH3 is 1. The van der Waals surface area contributed by atoms with Crippen LogP contribution in [0.4, 0.5) is 0 Å². The molecule has 2 atom stereocenters. The fourth-order valence-electron chi connectivity index (χ4n) is 2.18. The first kappa shape index (κ1) is 9.44. The highest BCUT2D eigenvalue weighted by atomic mass is 16.5. The highest BCUT2D eigenvalue weighted by Gasteiger charge is 2.26. The van der Waals surface area contributed by atoms with E-state index < -0.39 is 0 Å². The van der Waals surface area contributed by atoms with Crippen LogP contribution in [-0.4, -0.2) is 38.5 Å². The molecule has 2 aliphatic rings. The lowest BCUT2D eigenvalue weighted by Gasteiger charge is -2.35. The predicted molar refractivity (Wildman–Crippen MR) is 50.8 cm³/mol. The van der Waals surface area contributed by atoms with Gasteiger partial charge in [0.2, 0.25) is 0 Å². The van der Waals surface area contributed by atoms with Crippen LogP contribution in [0.5, 0.6) is 0 Å². The fourth-order valence-corrected chi connectivity index (χ4v) is 2.18. The van der Waals surface area contributed by atoms with Crippen molar-refractivity contribution in [1.29, 1.82) is 0 Å². The van der Waals surface area contributed by atoms with Crippen LogP contribution >= 0.6 is 0 Å². The summed E-state index contributed by atoms with van der Waals surface area (Å²) in [6.45, 7) is 1.79. The third kappa shape index (κ3) is 2.42. The number of hydrogen-bond donors (Lipinski definition) is 1.